The molecule has 1 aromatic heterocycles. The van der Waals surface area contributed by atoms with Crippen LogP contribution in [0.5, 0.6) is 0 Å². The number of carboxylic acids is 1. The molecule has 17 heavy (non-hydrogen) atoms. The Morgan fingerprint density at radius 1 is 1.53 bits per heavy atom. The summed E-state index contributed by atoms with van der Waals surface area (Å²) in [4.78, 5) is 23.6. The van der Waals surface area contributed by atoms with Crippen LogP contribution in [0.2, 0.25) is 0 Å². The highest BCUT2D eigenvalue weighted by molar-refractivity contribution is 7.10. The Morgan fingerprint density at radius 3 is 2.71 bits per heavy atom. The normalized spacial score (nSPS) is 14.0. The van der Waals surface area contributed by atoms with E-state index >= 15 is 0 Å². The molecule has 0 aromatic carbocycles. The summed E-state index contributed by atoms with van der Waals surface area (Å²) >= 11 is 1.41. The van der Waals surface area contributed by atoms with Crippen LogP contribution in [0, 0.1) is 0 Å². The van der Waals surface area contributed by atoms with Crippen molar-refractivity contribution in [3.05, 3.63) is 22.4 Å². The van der Waals surface area contributed by atoms with Crippen molar-refractivity contribution in [2.75, 3.05) is 0 Å². The van der Waals surface area contributed by atoms with E-state index in [1.807, 2.05) is 25.3 Å². The van der Waals surface area contributed by atoms with Gasteiger partial charge in [0.05, 0.1) is 12.3 Å². The third-order valence-electron chi connectivity index (χ3n) is 2.58. The lowest BCUT2D eigenvalue weighted by Crippen LogP contribution is -2.36. The molecule has 1 heterocycles. The molecular weight excluding hydrogens is 238 g/mol. The molecule has 0 fully saturated rings. The number of rotatable bonds is 6. The predicted molar refractivity (Wildman–Crippen MR) is 67.2 cm³/mol. The largest absolute Gasteiger partial charge is 0.481 e. The summed E-state index contributed by atoms with van der Waals surface area (Å²) in [5.74, 6) is -1.74. The maximum atomic E-state index is 12.0. The van der Waals surface area contributed by atoms with Crippen LogP contribution in [0.4, 0.5) is 0 Å². The second kappa shape index (κ2) is 6.39. The summed E-state index contributed by atoms with van der Waals surface area (Å²) in [5.41, 5.74) is 0. The van der Waals surface area contributed by atoms with Crippen LogP contribution in [0.1, 0.15) is 37.5 Å². The molecule has 1 amide bonds. The second-order valence-electron chi connectivity index (χ2n) is 3.98. The molecule has 1 aromatic rings. The highest BCUT2D eigenvalue weighted by Gasteiger charge is 2.25. The Morgan fingerprint density at radius 2 is 2.24 bits per heavy atom. The van der Waals surface area contributed by atoms with Crippen molar-refractivity contribution in [3.63, 3.8) is 0 Å². The SMILES string of the molecule is CCC(C)NC(=O)C(CC(=O)O)c1cccs1. The summed E-state index contributed by atoms with van der Waals surface area (Å²) in [6.45, 7) is 3.88. The van der Waals surface area contributed by atoms with Crippen LogP contribution in [0.15, 0.2) is 17.5 Å². The molecule has 0 saturated heterocycles. The van der Waals surface area contributed by atoms with E-state index in [9.17, 15) is 9.59 Å². The van der Waals surface area contributed by atoms with Gasteiger partial charge in [-0.15, -0.1) is 11.3 Å². The van der Waals surface area contributed by atoms with Gasteiger partial charge in [-0.3, -0.25) is 9.59 Å². The molecule has 0 radical (unpaired) electrons. The molecule has 2 unspecified atom stereocenters. The number of aliphatic carboxylic acids is 1. The maximum Gasteiger partial charge on any atom is 0.304 e. The van der Waals surface area contributed by atoms with Crippen molar-refractivity contribution in [1.29, 1.82) is 0 Å². The molecule has 0 spiro atoms. The Hall–Kier alpha value is -1.36. The highest BCUT2D eigenvalue weighted by Crippen LogP contribution is 2.24. The minimum absolute atomic E-state index is 0.0683. The average molecular weight is 255 g/mol. The van der Waals surface area contributed by atoms with Crippen molar-refractivity contribution in [2.24, 2.45) is 0 Å². The molecule has 5 heteroatoms. The molecule has 0 aliphatic carbocycles. The molecule has 2 N–H and O–H groups in total. The van der Waals surface area contributed by atoms with Gasteiger partial charge in [0.15, 0.2) is 0 Å². The number of hydrogen-bond donors (Lipinski definition) is 2. The zero-order valence-electron chi connectivity index (χ0n) is 9.97. The van der Waals surface area contributed by atoms with Crippen molar-refractivity contribution in [3.8, 4) is 0 Å². The van der Waals surface area contributed by atoms with Crippen LogP contribution in [-0.2, 0) is 9.59 Å². The van der Waals surface area contributed by atoms with Crippen LogP contribution >= 0.6 is 11.3 Å². The van der Waals surface area contributed by atoms with Gasteiger partial charge in [0, 0.05) is 10.9 Å². The van der Waals surface area contributed by atoms with Crippen molar-refractivity contribution < 1.29 is 14.7 Å². The molecule has 4 nitrogen and oxygen atoms in total. The summed E-state index contributed by atoms with van der Waals surface area (Å²) in [6.07, 6.45) is 0.665. The summed E-state index contributed by atoms with van der Waals surface area (Å²) in [7, 11) is 0. The van der Waals surface area contributed by atoms with Crippen LogP contribution < -0.4 is 5.32 Å². The first kappa shape index (κ1) is 13.7. The number of amides is 1. The molecule has 0 saturated carbocycles. The number of nitrogens with one attached hydrogen (secondary N) is 1. The fraction of sp³-hybridized carbons (Fsp3) is 0.500. The van der Waals surface area contributed by atoms with Gasteiger partial charge in [0.1, 0.15) is 0 Å². The van der Waals surface area contributed by atoms with Gasteiger partial charge < -0.3 is 10.4 Å². The van der Waals surface area contributed by atoms with Crippen molar-refractivity contribution in [1.82, 2.24) is 5.32 Å². The number of thiophene rings is 1. The lowest BCUT2D eigenvalue weighted by atomic mass is 10.0. The first-order valence-corrected chi connectivity index (χ1v) is 6.48. The first-order chi connectivity index (χ1) is 8.04. The first-order valence-electron chi connectivity index (χ1n) is 5.60. The van der Waals surface area contributed by atoms with Crippen molar-refractivity contribution >= 4 is 23.2 Å². The van der Waals surface area contributed by atoms with Crippen LogP contribution in [0.25, 0.3) is 0 Å². The van der Waals surface area contributed by atoms with E-state index in [1.165, 1.54) is 11.3 Å². The maximum absolute atomic E-state index is 12.0. The summed E-state index contributed by atoms with van der Waals surface area (Å²) < 4.78 is 0. The number of carboxylic acid groups (broad SMARTS) is 1. The number of carbonyl (C=O) groups excluding carboxylic acids is 1. The van der Waals surface area contributed by atoms with E-state index in [4.69, 9.17) is 5.11 Å². The fourth-order valence-electron chi connectivity index (χ4n) is 1.43. The molecule has 1 rings (SSSR count). The lowest BCUT2D eigenvalue weighted by molar-refractivity contribution is -0.139. The minimum atomic E-state index is -0.956. The van der Waals surface area contributed by atoms with Gasteiger partial charge in [0.2, 0.25) is 5.91 Å². The van der Waals surface area contributed by atoms with Crippen LogP contribution in [-0.4, -0.2) is 23.0 Å². The number of carbonyl (C=O) groups is 2. The molecule has 0 aliphatic heterocycles. The van der Waals surface area contributed by atoms with Gasteiger partial charge in [-0.1, -0.05) is 13.0 Å². The molecule has 2 atom stereocenters. The zero-order chi connectivity index (χ0) is 12.8. The van der Waals surface area contributed by atoms with E-state index in [0.717, 1.165) is 11.3 Å². The third kappa shape index (κ3) is 4.19. The Kier molecular flexibility index (Phi) is 5.15. The van der Waals surface area contributed by atoms with E-state index < -0.39 is 11.9 Å². The summed E-state index contributed by atoms with van der Waals surface area (Å²) in [5, 5.41) is 13.5. The fourth-order valence-corrected chi connectivity index (χ4v) is 2.26. The van der Waals surface area contributed by atoms with E-state index in [1.54, 1.807) is 6.07 Å². The smallest absolute Gasteiger partial charge is 0.304 e. The van der Waals surface area contributed by atoms with Gasteiger partial charge in [-0.2, -0.15) is 0 Å². The van der Waals surface area contributed by atoms with Crippen molar-refractivity contribution in [2.45, 2.75) is 38.6 Å². The molecule has 0 aliphatic rings. The molecule has 0 bridgehead atoms. The average Bonchev–Trinajstić information content (AvgIpc) is 2.78. The Labute approximate surface area is 105 Å². The van der Waals surface area contributed by atoms with E-state index in [0.29, 0.717) is 0 Å². The Balaban J connectivity index is 2.76. The topological polar surface area (TPSA) is 66.4 Å². The summed E-state index contributed by atoms with van der Waals surface area (Å²) in [6, 6.07) is 3.69. The lowest BCUT2D eigenvalue weighted by Gasteiger charge is -2.17. The minimum Gasteiger partial charge on any atom is -0.481 e. The standard InChI is InChI=1S/C12H17NO3S/c1-3-8(2)13-12(16)9(7-11(14)15)10-5-4-6-17-10/h4-6,8-9H,3,7H2,1-2H3,(H,13,16)(H,14,15). The van der Waals surface area contributed by atoms with E-state index in [-0.39, 0.29) is 18.4 Å². The number of hydrogen-bond acceptors (Lipinski definition) is 3. The van der Waals surface area contributed by atoms with Gasteiger partial charge >= 0.3 is 5.97 Å². The van der Waals surface area contributed by atoms with Gasteiger partial charge in [0.25, 0.3) is 0 Å². The molecular formula is C12H17NO3S. The predicted octanol–water partition coefficient (Wildman–Crippen LogP) is 2.22. The molecule has 94 valence electrons. The Bertz CT molecular complexity index is 375. The van der Waals surface area contributed by atoms with Crippen LogP contribution in [0.3, 0.4) is 0 Å². The quantitative estimate of drug-likeness (QED) is 0.819. The van der Waals surface area contributed by atoms with Gasteiger partial charge in [-0.05, 0) is 24.8 Å². The van der Waals surface area contributed by atoms with E-state index in [2.05, 4.69) is 5.32 Å². The second-order valence-corrected chi connectivity index (χ2v) is 4.96. The zero-order valence-corrected chi connectivity index (χ0v) is 10.8. The third-order valence-corrected chi connectivity index (χ3v) is 3.57. The van der Waals surface area contributed by atoms with Gasteiger partial charge in [-0.25, -0.2) is 0 Å². The monoisotopic (exact) mass is 255 g/mol. The highest BCUT2D eigenvalue weighted by atomic mass is 32.1.